The molecule has 1 atom stereocenters. The molecule has 0 aromatic carbocycles. The van der Waals surface area contributed by atoms with Crippen molar-refractivity contribution in [1.82, 2.24) is 15.1 Å². The van der Waals surface area contributed by atoms with Gasteiger partial charge in [0.15, 0.2) is 0 Å². The number of nitrogens with zero attached hydrogens (tertiary/aromatic N) is 2. The highest BCUT2D eigenvalue weighted by molar-refractivity contribution is 5.97. The third-order valence-electron chi connectivity index (χ3n) is 2.73. The molecule has 1 aromatic rings. The van der Waals surface area contributed by atoms with E-state index in [4.69, 9.17) is 5.73 Å². The Morgan fingerprint density at radius 1 is 1.75 bits per heavy atom. The van der Waals surface area contributed by atoms with Crippen molar-refractivity contribution in [3.63, 3.8) is 0 Å². The third kappa shape index (κ3) is 2.33. The predicted octanol–water partition coefficient (Wildman–Crippen LogP) is -0.107. The van der Waals surface area contributed by atoms with E-state index in [0.717, 1.165) is 0 Å². The van der Waals surface area contributed by atoms with E-state index in [-0.39, 0.29) is 12.5 Å². The summed E-state index contributed by atoms with van der Waals surface area (Å²) in [7, 11) is 1.65. The summed E-state index contributed by atoms with van der Waals surface area (Å²) in [5.74, 6) is -0.323. The Morgan fingerprint density at radius 3 is 2.75 bits per heavy atom. The largest absolute Gasteiger partial charge is 0.396 e. The molecular formula is C10H18N4O2. The van der Waals surface area contributed by atoms with Gasteiger partial charge in [0.1, 0.15) is 5.69 Å². The molecule has 4 N–H and O–H groups in total. The van der Waals surface area contributed by atoms with E-state index in [1.54, 1.807) is 14.0 Å². The molecule has 90 valence electrons. The Bertz CT molecular complexity index is 363. The molecule has 0 aliphatic rings. The first kappa shape index (κ1) is 12.5. The van der Waals surface area contributed by atoms with Crippen LogP contribution < -0.4 is 11.1 Å². The van der Waals surface area contributed by atoms with Crippen LogP contribution in [0.25, 0.3) is 0 Å². The van der Waals surface area contributed by atoms with E-state index in [1.165, 1.54) is 10.9 Å². The lowest BCUT2D eigenvalue weighted by Gasteiger charge is -2.27. The summed E-state index contributed by atoms with van der Waals surface area (Å²) in [5.41, 5.74) is 5.65. The number of carbonyl (C=O) groups excluding carboxylic acids is 1. The van der Waals surface area contributed by atoms with Crippen LogP contribution in [0.2, 0.25) is 0 Å². The van der Waals surface area contributed by atoms with Crippen LogP contribution in [0, 0.1) is 0 Å². The van der Waals surface area contributed by atoms with Crippen LogP contribution in [0.5, 0.6) is 0 Å². The molecule has 1 aromatic heterocycles. The quantitative estimate of drug-likeness (QED) is 0.668. The summed E-state index contributed by atoms with van der Waals surface area (Å²) in [6.07, 6.45) is 2.06. The van der Waals surface area contributed by atoms with Crippen LogP contribution in [0.1, 0.15) is 30.8 Å². The number of nitrogens with two attached hydrogens (primary N) is 1. The van der Waals surface area contributed by atoms with Crippen molar-refractivity contribution >= 4 is 11.6 Å². The first-order chi connectivity index (χ1) is 7.43. The van der Waals surface area contributed by atoms with Gasteiger partial charge in [-0.3, -0.25) is 9.48 Å². The number of carbonyl (C=O) groups is 1. The summed E-state index contributed by atoms with van der Waals surface area (Å²) in [6.45, 7) is 3.55. The minimum Gasteiger partial charge on any atom is -0.396 e. The number of aryl methyl sites for hydroxylation is 1. The van der Waals surface area contributed by atoms with Crippen molar-refractivity contribution in [2.24, 2.45) is 7.05 Å². The van der Waals surface area contributed by atoms with Crippen molar-refractivity contribution < 1.29 is 9.90 Å². The molecule has 6 nitrogen and oxygen atoms in total. The molecule has 0 fully saturated rings. The molecule has 1 heterocycles. The van der Waals surface area contributed by atoms with Gasteiger partial charge in [-0.05, 0) is 13.3 Å². The molecule has 1 amide bonds. The zero-order chi connectivity index (χ0) is 12.3. The minimum atomic E-state index is -0.631. The number of nitrogen functional groups attached to an aromatic ring is 1. The average Bonchev–Trinajstić information content (AvgIpc) is 2.58. The van der Waals surface area contributed by atoms with Crippen LogP contribution >= 0.6 is 0 Å². The lowest BCUT2D eigenvalue weighted by atomic mass is 10.00. The summed E-state index contributed by atoms with van der Waals surface area (Å²) in [4.78, 5) is 11.9. The lowest BCUT2D eigenvalue weighted by Crippen LogP contribution is -2.49. The van der Waals surface area contributed by atoms with Gasteiger partial charge >= 0.3 is 0 Å². The monoisotopic (exact) mass is 226 g/mol. The molecule has 0 saturated carbocycles. The summed E-state index contributed by atoms with van der Waals surface area (Å²) >= 11 is 0. The fourth-order valence-corrected chi connectivity index (χ4v) is 1.31. The summed E-state index contributed by atoms with van der Waals surface area (Å²) in [5, 5.41) is 15.8. The fraction of sp³-hybridized carbons (Fsp3) is 0.600. The number of rotatable bonds is 4. The van der Waals surface area contributed by atoms with Gasteiger partial charge in [-0.15, -0.1) is 0 Å². The van der Waals surface area contributed by atoms with Crippen LogP contribution in [0.15, 0.2) is 6.20 Å². The Labute approximate surface area is 94.4 Å². The zero-order valence-corrected chi connectivity index (χ0v) is 9.82. The maximum Gasteiger partial charge on any atom is 0.272 e. The second kappa shape index (κ2) is 4.52. The molecule has 1 rings (SSSR count). The van der Waals surface area contributed by atoms with Gasteiger partial charge in [0.05, 0.1) is 24.0 Å². The van der Waals surface area contributed by atoms with Crippen LogP contribution in [-0.4, -0.2) is 32.9 Å². The topological polar surface area (TPSA) is 93.2 Å². The van der Waals surface area contributed by atoms with E-state index >= 15 is 0 Å². The van der Waals surface area contributed by atoms with E-state index < -0.39 is 5.54 Å². The van der Waals surface area contributed by atoms with Crippen molar-refractivity contribution in [2.45, 2.75) is 25.8 Å². The van der Waals surface area contributed by atoms with Crippen LogP contribution in [0.4, 0.5) is 5.69 Å². The van der Waals surface area contributed by atoms with Gasteiger partial charge in [0.25, 0.3) is 5.91 Å². The zero-order valence-electron chi connectivity index (χ0n) is 9.82. The Kier molecular flexibility index (Phi) is 3.54. The highest BCUT2D eigenvalue weighted by Gasteiger charge is 2.26. The highest BCUT2D eigenvalue weighted by atomic mass is 16.3. The standard InChI is InChI=1S/C10H18N4O2/c1-4-10(2,6-15)13-9(16)8-7(11)5-12-14(8)3/h5,15H,4,6,11H2,1-3H3,(H,13,16). The second-order valence-electron chi connectivity index (χ2n) is 4.10. The van der Waals surface area contributed by atoms with Crippen molar-refractivity contribution in [3.05, 3.63) is 11.9 Å². The average molecular weight is 226 g/mol. The number of anilines is 1. The molecule has 0 radical (unpaired) electrons. The number of amides is 1. The number of aliphatic hydroxyl groups is 1. The normalized spacial score (nSPS) is 14.5. The van der Waals surface area contributed by atoms with E-state index in [2.05, 4.69) is 10.4 Å². The number of aliphatic hydroxyl groups excluding tert-OH is 1. The van der Waals surface area contributed by atoms with E-state index in [0.29, 0.717) is 17.8 Å². The second-order valence-corrected chi connectivity index (χ2v) is 4.10. The SMILES string of the molecule is CCC(C)(CO)NC(=O)c1c(N)cnn1C. The van der Waals surface area contributed by atoms with Gasteiger partial charge < -0.3 is 16.2 Å². The number of hydrogen-bond acceptors (Lipinski definition) is 4. The van der Waals surface area contributed by atoms with Gasteiger partial charge in [-0.25, -0.2) is 0 Å². The predicted molar refractivity (Wildman–Crippen MR) is 60.9 cm³/mol. The molecular weight excluding hydrogens is 208 g/mol. The number of hydrogen-bond donors (Lipinski definition) is 3. The van der Waals surface area contributed by atoms with Gasteiger partial charge in [0, 0.05) is 7.05 Å². The molecule has 0 aliphatic carbocycles. The molecule has 0 bridgehead atoms. The van der Waals surface area contributed by atoms with Gasteiger partial charge in [0.2, 0.25) is 0 Å². The van der Waals surface area contributed by atoms with E-state index in [1.807, 2.05) is 6.92 Å². The van der Waals surface area contributed by atoms with Crippen molar-refractivity contribution in [2.75, 3.05) is 12.3 Å². The van der Waals surface area contributed by atoms with Crippen molar-refractivity contribution in [1.29, 1.82) is 0 Å². The Hall–Kier alpha value is -1.56. The highest BCUT2D eigenvalue weighted by Crippen LogP contribution is 2.13. The molecule has 1 unspecified atom stereocenters. The molecule has 0 aliphatic heterocycles. The molecule has 16 heavy (non-hydrogen) atoms. The van der Waals surface area contributed by atoms with Crippen LogP contribution in [0.3, 0.4) is 0 Å². The molecule has 0 saturated heterocycles. The number of nitrogens with one attached hydrogen (secondary N) is 1. The van der Waals surface area contributed by atoms with Gasteiger partial charge in [-0.2, -0.15) is 5.10 Å². The summed E-state index contributed by atoms with van der Waals surface area (Å²) < 4.78 is 1.41. The lowest BCUT2D eigenvalue weighted by molar-refractivity contribution is 0.0839. The molecule has 6 heteroatoms. The minimum absolute atomic E-state index is 0.118. The van der Waals surface area contributed by atoms with Crippen LogP contribution in [-0.2, 0) is 7.05 Å². The third-order valence-corrected chi connectivity index (χ3v) is 2.73. The fourth-order valence-electron chi connectivity index (χ4n) is 1.31. The summed E-state index contributed by atoms with van der Waals surface area (Å²) in [6, 6.07) is 0. The number of aromatic nitrogens is 2. The Morgan fingerprint density at radius 2 is 2.38 bits per heavy atom. The maximum absolute atomic E-state index is 11.9. The first-order valence-corrected chi connectivity index (χ1v) is 5.14. The van der Waals surface area contributed by atoms with Gasteiger partial charge in [-0.1, -0.05) is 6.92 Å². The van der Waals surface area contributed by atoms with E-state index in [9.17, 15) is 9.90 Å². The molecule has 0 spiro atoms. The first-order valence-electron chi connectivity index (χ1n) is 5.14. The maximum atomic E-state index is 11.9. The smallest absolute Gasteiger partial charge is 0.272 e. The van der Waals surface area contributed by atoms with Crippen molar-refractivity contribution in [3.8, 4) is 0 Å². The Balaban J connectivity index is 2.88.